The number of rotatable bonds is 4. The lowest BCUT2D eigenvalue weighted by molar-refractivity contribution is 0.0697. The van der Waals surface area contributed by atoms with Crippen LogP contribution in [0.3, 0.4) is 0 Å². The highest BCUT2D eigenvalue weighted by Crippen LogP contribution is 2.31. The highest BCUT2D eigenvalue weighted by Gasteiger charge is 2.12. The Morgan fingerprint density at radius 3 is 2.37 bits per heavy atom. The molecule has 1 N–H and O–H groups in total. The minimum Gasteiger partial charge on any atom is -0.488 e. The Labute approximate surface area is 154 Å². The van der Waals surface area contributed by atoms with E-state index in [-0.39, 0.29) is 17.8 Å². The second kappa shape index (κ2) is 6.61. The van der Waals surface area contributed by atoms with Crippen molar-refractivity contribution in [3.8, 4) is 5.75 Å². The van der Waals surface area contributed by atoms with Crippen LogP contribution in [-0.2, 0) is 6.61 Å². The number of ether oxygens (including phenoxy) is 1. The van der Waals surface area contributed by atoms with Gasteiger partial charge in [0.25, 0.3) is 0 Å². The van der Waals surface area contributed by atoms with Gasteiger partial charge in [-0.3, -0.25) is 0 Å². The number of aromatic carboxylic acids is 1. The lowest BCUT2D eigenvalue weighted by atomic mass is 10.0. The molecule has 0 aliphatic rings. The zero-order chi connectivity index (χ0) is 19.0. The third-order valence-corrected chi connectivity index (χ3v) is 4.58. The fourth-order valence-corrected chi connectivity index (χ4v) is 3.12. The zero-order valence-electron chi connectivity index (χ0n) is 14.6. The van der Waals surface area contributed by atoms with Gasteiger partial charge in [0.05, 0.1) is 10.9 Å². The molecule has 0 aliphatic heterocycles. The van der Waals surface area contributed by atoms with E-state index in [4.69, 9.17) is 14.3 Å². The number of carboxylic acid groups (broad SMARTS) is 1. The van der Waals surface area contributed by atoms with Gasteiger partial charge in [-0.2, -0.15) is 0 Å². The molecule has 4 rings (SSSR count). The van der Waals surface area contributed by atoms with Crippen LogP contribution in [0.2, 0.25) is 0 Å². The highest BCUT2D eigenvalue weighted by molar-refractivity contribution is 6.05. The standard InChI is InChI=1S/C22H16O5/c1-13-19(26-12-14-6-8-15(9-7-14)21(23)24)11-10-17-16-4-2-3-5-18(16)22(25)27-20(13)17/h2-11H,12H2,1H3,(H,23,24). The van der Waals surface area contributed by atoms with E-state index >= 15 is 0 Å². The molecule has 5 nitrogen and oxygen atoms in total. The van der Waals surface area contributed by atoms with Crippen molar-refractivity contribution in [3.63, 3.8) is 0 Å². The van der Waals surface area contributed by atoms with E-state index in [0.29, 0.717) is 16.7 Å². The van der Waals surface area contributed by atoms with Gasteiger partial charge in [0, 0.05) is 10.9 Å². The van der Waals surface area contributed by atoms with E-state index in [1.165, 1.54) is 0 Å². The molecule has 0 bridgehead atoms. The second-order valence-corrected chi connectivity index (χ2v) is 6.29. The van der Waals surface area contributed by atoms with Crippen molar-refractivity contribution in [3.05, 3.63) is 87.8 Å². The Balaban J connectivity index is 1.68. The van der Waals surface area contributed by atoms with Crippen molar-refractivity contribution < 1.29 is 19.1 Å². The summed E-state index contributed by atoms with van der Waals surface area (Å²) >= 11 is 0. The molecule has 0 aliphatic carbocycles. The molecule has 1 aromatic heterocycles. The first kappa shape index (κ1) is 16.8. The number of hydrogen-bond acceptors (Lipinski definition) is 4. The molecular formula is C22H16O5. The molecule has 134 valence electrons. The number of benzene rings is 3. The van der Waals surface area contributed by atoms with Crippen molar-refractivity contribution in [1.82, 2.24) is 0 Å². The topological polar surface area (TPSA) is 76.7 Å². The Bertz CT molecular complexity index is 1220. The summed E-state index contributed by atoms with van der Waals surface area (Å²) in [5.74, 6) is -0.349. The van der Waals surface area contributed by atoms with Crippen molar-refractivity contribution in [2.75, 3.05) is 0 Å². The van der Waals surface area contributed by atoms with Gasteiger partial charge in [-0.05, 0) is 48.2 Å². The largest absolute Gasteiger partial charge is 0.488 e. The summed E-state index contributed by atoms with van der Waals surface area (Å²) in [7, 11) is 0. The lowest BCUT2D eigenvalue weighted by Gasteiger charge is -2.12. The predicted molar refractivity (Wildman–Crippen MR) is 102 cm³/mol. The van der Waals surface area contributed by atoms with Gasteiger partial charge in [0.1, 0.15) is 17.9 Å². The van der Waals surface area contributed by atoms with E-state index in [2.05, 4.69) is 0 Å². The molecule has 0 amide bonds. The zero-order valence-corrected chi connectivity index (χ0v) is 14.6. The molecule has 4 aromatic rings. The summed E-state index contributed by atoms with van der Waals surface area (Å²) in [5, 5.41) is 11.2. The summed E-state index contributed by atoms with van der Waals surface area (Å²) in [5.41, 5.74) is 1.96. The van der Waals surface area contributed by atoms with Crippen LogP contribution in [0.15, 0.2) is 69.9 Å². The maximum Gasteiger partial charge on any atom is 0.344 e. The third-order valence-electron chi connectivity index (χ3n) is 4.58. The summed E-state index contributed by atoms with van der Waals surface area (Å²) in [6.45, 7) is 2.13. The van der Waals surface area contributed by atoms with Gasteiger partial charge < -0.3 is 14.3 Å². The van der Waals surface area contributed by atoms with Crippen molar-refractivity contribution >= 4 is 27.7 Å². The van der Waals surface area contributed by atoms with Crippen LogP contribution in [0, 0.1) is 6.92 Å². The number of carboxylic acids is 1. The quantitative estimate of drug-likeness (QED) is 0.427. The first-order valence-corrected chi connectivity index (χ1v) is 8.45. The molecular weight excluding hydrogens is 344 g/mol. The van der Waals surface area contributed by atoms with Gasteiger partial charge in [-0.25, -0.2) is 9.59 Å². The van der Waals surface area contributed by atoms with Crippen LogP contribution in [0.25, 0.3) is 21.7 Å². The third kappa shape index (κ3) is 3.04. The summed E-state index contributed by atoms with van der Waals surface area (Å²) in [6.07, 6.45) is 0. The molecule has 0 unspecified atom stereocenters. The highest BCUT2D eigenvalue weighted by atomic mass is 16.5. The van der Waals surface area contributed by atoms with Crippen molar-refractivity contribution in [2.24, 2.45) is 0 Å². The van der Waals surface area contributed by atoms with Gasteiger partial charge in [-0.1, -0.05) is 30.3 Å². The van der Waals surface area contributed by atoms with Crippen LogP contribution in [0.5, 0.6) is 5.75 Å². The Morgan fingerprint density at radius 2 is 1.67 bits per heavy atom. The van der Waals surface area contributed by atoms with Crippen LogP contribution in [0.1, 0.15) is 21.5 Å². The van der Waals surface area contributed by atoms with E-state index in [1.807, 2.05) is 37.3 Å². The Morgan fingerprint density at radius 1 is 0.963 bits per heavy atom. The smallest absolute Gasteiger partial charge is 0.344 e. The average Bonchev–Trinajstić information content (AvgIpc) is 2.68. The summed E-state index contributed by atoms with van der Waals surface area (Å²) in [6, 6.07) is 17.6. The van der Waals surface area contributed by atoms with Crippen molar-refractivity contribution in [1.29, 1.82) is 0 Å². The fourth-order valence-electron chi connectivity index (χ4n) is 3.12. The Kier molecular flexibility index (Phi) is 4.12. The first-order chi connectivity index (χ1) is 13.0. The molecule has 27 heavy (non-hydrogen) atoms. The van der Waals surface area contributed by atoms with E-state index in [1.54, 1.807) is 30.3 Å². The molecule has 0 radical (unpaired) electrons. The molecule has 0 atom stereocenters. The first-order valence-electron chi connectivity index (χ1n) is 8.45. The monoisotopic (exact) mass is 360 g/mol. The van der Waals surface area contributed by atoms with E-state index in [9.17, 15) is 9.59 Å². The van der Waals surface area contributed by atoms with Crippen LogP contribution in [0.4, 0.5) is 0 Å². The molecule has 0 spiro atoms. The number of hydrogen-bond donors (Lipinski definition) is 1. The van der Waals surface area contributed by atoms with Crippen LogP contribution >= 0.6 is 0 Å². The van der Waals surface area contributed by atoms with Gasteiger partial charge in [0.2, 0.25) is 0 Å². The Hall–Kier alpha value is -3.60. The maximum atomic E-state index is 12.3. The minimum atomic E-state index is -0.963. The SMILES string of the molecule is Cc1c(OCc2ccc(C(=O)O)cc2)ccc2c1oc(=O)c1ccccc12. The van der Waals surface area contributed by atoms with E-state index in [0.717, 1.165) is 21.9 Å². The molecule has 5 heteroatoms. The molecule has 0 fully saturated rings. The second-order valence-electron chi connectivity index (χ2n) is 6.29. The van der Waals surface area contributed by atoms with Crippen molar-refractivity contribution in [2.45, 2.75) is 13.5 Å². The average molecular weight is 360 g/mol. The van der Waals surface area contributed by atoms with E-state index < -0.39 is 5.97 Å². The molecule has 0 saturated heterocycles. The fraction of sp³-hybridized carbons (Fsp3) is 0.0909. The van der Waals surface area contributed by atoms with Gasteiger partial charge in [-0.15, -0.1) is 0 Å². The maximum absolute atomic E-state index is 12.3. The van der Waals surface area contributed by atoms with Crippen LogP contribution < -0.4 is 10.4 Å². The summed E-state index contributed by atoms with van der Waals surface area (Å²) < 4.78 is 11.4. The minimum absolute atomic E-state index is 0.231. The van der Waals surface area contributed by atoms with Gasteiger partial charge in [0.15, 0.2) is 0 Å². The molecule has 1 heterocycles. The predicted octanol–water partition coefficient (Wildman–Crippen LogP) is 4.53. The van der Waals surface area contributed by atoms with Gasteiger partial charge >= 0.3 is 11.6 Å². The molecule has 3 aromatic carbocycles. The number of fused-ring (bicyclic) bond motifs is 3. The number of carbonyl (C=O) groups is 1. The normalized spacial score (nSPS) is 11.0. The number of aryl methyl sites for hydroxylation is 1. The summed E-state index contributed by atoms with van der Waals surface area (Å²) in [4.78, 5) is 23.2. The lowest BCUT2D eigenvalue weighted by Crippen LogP contribution is -2.02. The van der Waals surface area contributed by atoms with Crippen LogP contribution in [-0.4, -0.2) is 11.1 Å². The molecule has 0 saturated carbocycles.